The van der Waals surface area contributed by atoms with Crippen LogP contribution in [0.3, 0.4) is 0 Å². The Kier molecular flexibility index (Phi) is 4.59. The molecule has 0 bridgehead atoms. The lowest BCUT2D eigenvalue weighted by molar-refractivity contribution is -0.143. The third-order valence-electron chi connectivity index (χ3n) is 3.93. The molecule has 1 aromatic rings. The number of ether oxygens (including phenoxy) is 1. The molecule has 0 aromatic heterocycles. The highest BCUT2D eigenvalue weighted by Crippen LogP contribution is 2.25. The Balaban J connectivity index is 2.23. The average molecular weight is 261 g/mol. The Morgan fingerprint density at radius 2 is 2.00 bits per heavy atom. The van der Waals surface area contributed by atoms with Crippen molar-refractivity contribution in [2.24, 2.45) is 0 Å². The van der Waals surface area contributed by atoms with E-state index in [0.29, 0.717) is 6.04 Å². The van der Waals surface area contributed by atoms with Gasteiger partial charge in [0.15, 0.2) is 0 Å². The van der Waals surface area contributed by atoms with Crippen LogP contribution in [-0.2, 0) is 9.53 Å². The molecule has 104 valence electrons. The van der Waals surface area contributed by atoms with Gasteiger partial charge in [0.1, 0.15) is 6.04 Å². The molecule has 0 radical (unpaired) electrons. The van der Waals surface area contributed by atoms with Crippen LogP contribution in [0.2, 0.25) is 0 Å². The summed E-state index contributed by atoms with van der Waals surface area (Å²) in [5, 5.41) is 3.47. The lowest BCUT2D eigenvalue weighted by Crippen LogP contribution is -2.36. The van der Waals surface area contributed by atoms with E-state index in [4.69, 9.17) is 4.74 Å². The summed E-state index contributed by atoms with van der Waals surface area (Å²) >= 11 is 0. The number of carbonyl (C=O) groups excluding carboxylic acids is 1. The molecular formula is C16H23NO2. The van der Waals surface area contributed by atoms with Gasteiger partial charge in [-0.15, -0.1) is 0 Å². The SMILES string of the molecule is COC(=O)C(NC1CCCC1)c1ccc(C)cc1C. The molecule has 2 rings (SSSR count). The summed E-state index contributed by atoms with van der Waals surface area (Å²) in [4.78, 5) is 12.1. The van der Waals surface area contributed by atoms with E-state index in [9.17, 15) is 4.79 Å². The number of rotatable bonds is 4. The van der Waals surface area contributed by atoms with Crippen LogP contribution >= 0.6 is 0 Å². The smallest absolute Gasteiger partial charge is 0.327 e. The second kappa shape index (κ2) is 6.20. The second-order valence-electron chi connectivity index (χ2n) is 5.46. The van der Waals surface area contributed by atoms with E-state index in [2.05, 4.69) is 31.3 Å². The minimum absolute atomic E-state index is 0.196. The van der Waals surface area contributed by atoms with Crippen molar-refractivity contribution in [2.75, 3.05) is 7.11 Å². The fourth-order valence-electron chi connectivity index (χ4n) is 2.88. The van der Waals surface area contributed by atoms with Crippen molar-refractivity contribution in [1.29, 1.82) is 0 Å². The lowest BCUT2D eigenvalue weighted by Gasteiger charge is -2.23. The normalized spacial score (nSPS) is 17.4. The van der Waals surface area contributed by atoms with Crippen molar-refractivity contribution in [2.45, 2.75) is 51.6 Å². The van der Waals surface area contributed by atoms with Gasteiger partial charge in [0.05, 0.1) is 7.11 Å². The number of hydrogen-bond donors (Lipinski definition) is 1. The molecule has 1 aliphatic carbocycles. The van der Waals surface area contributed by atoms with Gasteiger partial charge in [-0.05, 0) is 37.8 Å². The molecule has 3 nitrogen and oxygen atoms in total. The Hall–Kier alpha value is -1.35. The van der Waals surface area contributed by atoms with Crippen LogP contribution in [0.4, 0.5) is 0 Å². The van der Waals surface area contributed by atoms with Gasteiger partial charge in [0.25, 0.3) is 0 Å². The van der Waals surface area contributed by atoms with Gasteiger partial charge < -0.3 is 4.74 Å². The predicted octanol–water partition coefficient (Wildman–Crippen LogP) is 3.05. The van der Waals surface area contributed by atoms with Gasteiger partial charge in [-0.25, -0.2) is 4.79 Å². The first-order valence-corrected chi connectivity index (χ1v) is 7.03. The standard InChI is InChI=1S/C16H23NO2/c1-11-8-9-14(12(2)10-11)15(16(18)19-3)17-13-6-4-5-7-13/h8-10,13,15,17H,4-7H2,1-3H3. The molecule has 0 aliphatic heterocycles. The molecule has 3 heteroatoms. The highest BCUT2D eigenvalue weighted by atomic mass is 16.5. The summed E-state index contributed by atoms with van der Waals surface area (Å²) < 4.78 is 4.96. The molecule has 1 atom stereocenters. The Morgan fingerprint density at radius 1 is 1.32 bits per heavy atom. The number of carbonyl (C=O) groups is 1. The van der Waals surface area contributed by atoms with Gasteiger partial charge in [-0.1, -0.05) is 36.6 Å². The van der Waals surface area contributed by atoms with Crippen molar-refractivity contribution in [3.63, 3.8) is 0 Å². The molecular weight excluding hydrogens is 238 g/mol. The summed E-state index contributed by atoms with van der Waals surface area (Å²) in [5.41, 5.74) is 3.39. The average Bonchev–Trinajstić information content (AvgIpc) is 2.89. The molecule has 0 heterocycles. The number of esters is 1. The van der Waals surface area contributed by atoms with Crippen LogP contribution in [0.15, 0.2) is 18.2 Å². The molecule has 1 aliphatic rings. The minimum Gasteiger partial charge on any atom is -0.468 e. The summed E-state index contributed by atoms with van der Waals surface area (Å²) in [6, 6.07) is 6.29. The maximum atomic E-state index is 12.1. The largest absolute Gasteiger partial charge is 0.468 e. The quantitative estimate of drug-likeness (QED) is 0.847. The molecule has 1 N–H and O–H groups in total. The Labute approximate surface area is 115 Å². The Morgan fingerprint density at radius 3 is 2.58 bits per heavy atom. The van der Waals surface area contributed by atoms with Gasteiger partial charge in [-0.3, -0.25) is 5.32 Å². The Bertz CT molecular complexity index is 450. The van der Waals surface area contributed by atoms with E-state index in [1.807, 2.05) is 6.07 Å². The highest BCUT2D eigenvalue weighted by molar-refractivity contribution is 5.78. The van der Waals surface area contributed by atoms with E-state index in [-0.39, 0.29) is 12.0 Å². The summed E-state index contributed by atoms with van der Waals surface area (Å²) in [6.45, 7) is 4.11. The zero-order valence-corrected chi connectivity index (χ0v) is 12.0. The van der Waals surface area contributed by atoms with Crippen LogP contribution < -0.4 is 5.32 Å². The number of methoxy groups -OCH3 is 1. The zero-order chi connectivity index (χ0) is 13.8. The van der Waals surface area contributed by atoms with Crippen molar-refractivity contribution in [3.05, 3.63) is 34.9 Å². The topological polar surface area (TPSA) is 38.3 Å². The number of hydrogen-bond acceptors (Lipinski definition) is 3. The van der Waals surface area contributed by atoms with E-state index in [1.54, 1.807) is 0 Å². The molecule has 0 saturated heterocycles. The van der Waals surface area contributed by atoms with E-state index >= 15 is 0 Å². The fourth-order valence-corrected chi connectivity index (χ4v) is 2.88. The third kappa shape index (κ3) is 3.35. The van der Waals surface area contributed by atoms with E-state index < -0.39 is 0 Å². The van der Waals surface area contributed by atoms with Crippen molar-refractivity contribution in [1.82, 2.24) is 5.32 Å². The van der Waals surface area contributed by atoms with E-state index in [0.717, 1.165) is 24.0 Å². The summed E-state index contributed by atoms with van der Waals surface area (Å²) in [6.07, 6.45) is 4.80. The van der Waals surface area contributed by atoms with Gasteiger partial charge in [0, 0.05) is 6.04 Å². The molecule has 1 aromatic carbocycles. The first kappa shape index (κ1) is 14.1. The van der Waals surface area contributed by atoms with Crippen LogP contribution in [0, 0.1) is 13.8 Å². The zero-order valence-electron chi connectivity index (χ0n) is 12.0. The van der Waals surface area contributed by atoms with Crippen LogP contribution in [0.25, 0.3) is 0 Å². The van der Waals surface area contributed by atoms with Crippen molar-refractivity contribution in [3.8, 4) is 0 Å². The molecule has 1 fully saturated rings. The summed E-state index contributed by atoms with van der Waals surface area (Å²) in [5.74, 6) is -0.196. The monoisotopic (exact) mass is 261 g/mol. The third-order valence-corrected chi connectivity index (χ3v) is 3.93. The van der Waals surface area contributed by atoms with Crippen LogP contribution in [0.1, 0.15) is 48.4 Å². The second-order valence-corrected chi connectivity index (χ2v) is 5.46. The van der Waals surface area contributed by atoms with Gasteiger partial charge in [0.2, 0.25) is 0 Å². The van der Waals surface area contributed by atoms with E-state index in [1.165, 1.54) is 25.5 Å². The molecule has 1 saturated carbocycles. The maximum absolute atomic E-state index is 12.1. The number of aryl methyl sites for hydroxylation is 2. The maximum Gasteiger partial charge on any atom is 0.327 e. The fraction of sp³-hybridized carbons (Fsp3) is 0.562. The lowest BCUT2D eigenvalue weighted by atomic mass is 9.98. The van der Waals surface area contributed by atoms with Crippen molar-refractivity contribution >= 4 is 5.97 Å². The van der Waals surface area contributed by atoms with Gasteiger partial charge >= 0.3 is 5.97 Å². The number of nitrogens with one attached hydrogen (secondary N) is 1. The first-order valence-electron chi connectivity index (χ1n) is 7.03. The predicted molar refractivity (Wildman–Crippen MR) is 76.1 cm³/mol. The highest BCUT2D eigenvalue weighted by Gasteiger charge is 2.27. The van der Waals surface area contributed by atoms with Gasteiger partial charge in [-0.2, -0.15) is 0 Å². The van der Waals surface area contributed by atoms with Crippen LogP contribution in [0.5, 0.6) is 0 Å². The molecule has 0 amide bonds. The minimum atomic E-state index is -0.339. The molecule has 0 spiro atoms. The first-order chi connectivity index (χ1) is 9.11. The molecule has 19 heavy (non-hydrogen) atoms. The summed E-state index contributed by atoms with van der Waals surface area (Å²) in [7, 11) is 1.45. The molecule has 1 unspecified atom stereocenters. The number of benzene rings is 1. The van der Waals surface area contributed by atoms with Crippen LogP contribution in [-0.4, -0.2) is 19.1 Å². The van der Waals surface area contributed by atoms with Crippen molar-refractivity contribution < 1.29 is 9.53 Å².